The van der Waals surface area contributed by atoms with Crippen molar-refractivity contribution in [2.24, 2.45) is 7.05 Å². The number of rotatable bonds is 8. The van der Waals surface area contributed by atoms with Crippen LogP contribution in [0.25, 0.3) is 11.1 Å². The average molecular weight is 491 g/mol. The lowest BCUT2D eigenvalue weighted by Gasteiger charge is -2.17. The lowest BCUT2D eigenvalue weighted by Crippen LogP contribution is -2.09. The molecule has 0 spiro atoms. The Bertz CT molecular complexity index is 1430. The second-order valence-corrected chi connectivity index (χ2v) is 8.09. The highest BCUT2D eigenvalue weighted by Crippen LogP contribution is 2.33. The Morgan fingerprint density at radius 2 is 1.89 bits per heavy atom. The third-order valence-corrected chi connectivity index (χ3v) is 5.13. The van der Waals surface area contributed by atoms with Gasteiger partial charge in [0.15, 0.2) is 0 Å². The molecular weight excluding hydrogens is 466 g/mol. The first kappa shape index (κ1) is 24.3. The molecule has 0 saturated heterocycles. The molecule has 36 heavy (non-hydrogen) atoms. The minimum absolute atomic E-state index is 0.0494. The van der Waals surface area contributed by atoms with E-state index in [2.05, 4.69) is 37.6 Å². The molecule has 0 aliphatic carbocycles. The third kappa shape index (κ3) is 5.63. The zero-order valence-corrected chi connectivity index (χ0v) is 19.9. The molecule has 4 rings (SSSR count). The van der Waals surface area contributed by atoms with E-state index in [0.29, 0.717) is 28.2 Å². The fraction of sp³-hybridized carbons (Fsp3) is 0.120. The first-order chi connectivity index (χ1) is 17.2. The SMILES string of the molecule is C=CC(=O)Nc1ccc(F)c(Nc2nc(Nc3cnn(C)c3)ncc2-c2cc(F)cc(N(C)C)c2)c1. The zero-order valence-electron chi connectivity index (χ0n) is 19.9. The van der Waals surface area contributed by atoms with Gasteiger partial charge in [0, 0.05) is 50.5 Å². The molecule has 0 aliphatic heterocycles. The Kier molecular flexibility index (Phi) is 6.91. The van der Waals surface area contributed by atoms with E-state index in [1.165, 1.54) is 36.5 Å². The van der Waals surface area contributed by atoms with Crippen molar-refractivity contribution in [3.63, 3.8) is 0 Å². The van der Waals surface area contributed by atoms with Crippen LogP contribution in [0.3, 0.4) is 0 Å². The summed E-state index contributed by atoms with van der Waals surface area (Å²) in [6.45, 7) is 3.42. The third-order valence-electron chi connectivity index (χ3n) is 5.13. The average Bonchev–Trinajstić information content (AvgIpc) is 3.25. The molecule has 0 unspecified atom stereocenters. The fourth-order valence-corrected chi connectivity index (χ4v) is 3.37. The predicted octanol–water partition coefficient (Wildman–Crippen LogP) is 4.83. The van der Waals surface area contributed by atoms with Crippen LogP contribution in [0.4, 0.5) is 43.3 Å². The maximum atomic E-state index is 14.8. The second-order valence-electron chi connectivity index (χ2n) is 8.09. The van der Waals surface area contributed by atoms with E-state index in [9.17, 15) is 13.6 Å². The molecule has 0 radical (unpaired) electrons. The van der Waals surface area contributed by atoms with Crippen molar-refractivity contribution < 1.29 is 13.6 Å². The lowest BCUT2D eigenvalue weighted by molar-refractivity contribution is -0.111. The van der Waals surface area contributed by atoms with Crippen LogP contribution in [0.1, 0.15) is 0 Å². The molecule has 4 aromatic rings. The smallest absolute Gasteiger partial charge is 0.247 e. The maximum Gasteiger partial charge on any atom is 0.247 e. The van der Waals surface area contributed by atoms with Crippen molar-refractivity contribution in [1.82, 2.24) is 19.7 Å². The van der Waals surface area contributed by atoms with E-state index < -0.39 is 17.5 Å². The molecule has 1 amide bonds. The number of anilines is 6. The van der Waals surface area contributed by atoms with Crippen molar-refractivity contribution >= 4 is 40.4 Å². The van der Waals surface area contributed by atoms with Gasteiger partial charge in [0.05, 0.1) is 17.6 Å². The maximum absolute atomic E-state index is 14.8. The molecule has 3 N–H and O–H groups in total. The van der Waals surface area contributed by atoms with E-state index in [1.54, 1.807) is 49.2 Å². The van der Waals surface area contributed by atoms with Gasteiger partial charge in [0.2, 0.25) is 11.9 Å². The Balaban J connectivity index is 1.78. The summed E-state index contributed by atoms with van der Waals surface area (Å²) >= 11 is 0. The molecule has 2 heterocycles. The van der Waals surface area contributed by atoms with Crippen LogP contribution in [0.5, 0.6) is 0 Å². The van der Waals surface area contributed by atoms with Crippen LogP contribution < -0.4 is 20.9 Å². The van der Waals surface area contributed by atoms with Gasteiger partial charge >= 0.3 is 0 Å². The minimum Gasteiger partial charge on any atom is -0.378 e. The van der Waals surface area contributed by atoms with Crippen molar-refractivity contribution in [3.8, 4) is 11.1 Å². The Hall–Kier alpha value is -4.80. The summed E-state index contributed by atoms with van der Waals surface area (Å²) in [5, 5.41) is 12.7. The number of aryl methyl sites for hydroxylation is 1. The van der Waals surface area contributed by atoms with Crippen molar-refractivity contribution in [1.29, 1.82) is 0 Å². The van der Waals surface area contributed by atoms with Crippen molar-refractivity contribution in [2.45, 2.75) is 0 Å². The normalized spacial score (nSPS) is 10.6. The molecule has 184 valence electrons. The number of benzene rings is 2. The van der Waals surface area contributed by atoms with E-state index in [1.807, 2.05) is 0 Å². The number of nitrogens with one attached hydrogen (secondary N) is 3. The summed E-state index contributed by atoms with van der Waals surface area (Å²) in [4.78, 5) is 22.3. The van der Waals surface area contributed by atoms with Gasteiger partial charge < -0.3 is 20.9 Å². The number of amides is 1. The van der Waals surface area contributed by atoms with Crippen LogP contribution >= 0.6 is 0 Å². The van der Waals surface area contributed by atoms with Gasteiger partial charge in [0.25, 0.3) is 0 Å². The minimum atomic E-state index is -0.578. The second kappa shape index (κ2) is 10.2. The van der Waals surface area contributed by atoms with Crippen LogP contribution in [0, 0.1) is 11.6 Å². The number of halogens is 2. The van der Waals surface area contributed by atoms with Crippen molar-refractivity contribution in [2.75, 3.05) is 34.9 Å². The molecule has 11 heteroatoms. The molecule has 0 saturated carbocycles. The first-order valence-corrected chi connectivity index (χ1v) is 10.8. The molecule has 0 bridgehead atoms. The number of nitrogens with zero attached hydrogens (tertiary/aromatic N) is 5. The molecule has 9 nitrogen and oxygen atoms in total. The number of aromatic nitrogens is 4. The Morgan fingerprint density at radius 3 is 2.58 bits per heavy atom. The highest BCUT2D eigenvalue weighted by Gasteiger charge is 2.15. The van der Waals surface area contributed by atoms with Gasteiger partial charge in [-0.15, -0.1) is 0 Å². The molecule has 0 fully saturated rings. The van der Waals surface area contributed by atoms with E-state index in [4.69, 9.17) is 0 Å². The predicted molar refractivity (Wildman–Crippen MR) is 137 cm³/mol. The van der Waals surface area contributed by atoms with Gasteiger partial charge in [0.1, 0.15) is 17.5 Å². The number of carbonyl (C=O) groups excluding carboxylic acids is 1. The summed E-state index contributed by atoms with van der Waals surface area (Å²) in [5.74, 6) is -1.02. The lowest BCUT2D eigenvalue weighted by atomic mass is 10.1. The summed E-state index contributed by atoms with van der Waals surface area (Å²) in [6, 6.07) is 8.59. The van der Waals surface area contributed by atoms with Crippen LogP contribution in [-0.4, -0.2) is 39.8 Å². The number of hydrogen-bond acceptors (Lipinski definition) is 7. The van der Waals surface area contributed by atoms with Gasteiger partial charge in [-0.25, -0.2) is 13.8 Å². The molecule has 2 aromatic carbocycles. The first-order valence-electron chi connectivity index (χ1n) is 10.8. The summed E-state index contributed by atoms with van der Waals surface area (Å²) < 4.78 is 30.8. The molecule has 2 aromatic heterocycles. The van der Waals surface area contributed by atoms with Crippen molar-refractivity contribution in [3.05, 3.63) is 79.3 Å². The summed E-state index contributed by atoms with van der Waals surface area (Å²) in [5.41, 5.74) is 2.62. The fourth-order valence-electron chi connectivity index (χ4n) is 3.37. The molecular formula is C25H24F2N8O. The van der Waals surface area contributed by atoms with Gasteiger partial charge in [-0.2, -0.15) is 10.1 Å². The van der Waals surface area contributed by atoms with Crippen LogP contribution in [0.15, 0.2) is 67.6 Å². The molecule has 0 atom stereocenters. The van der Waals surface area contributed by atoms with Crippen LogP contribution in [0.2, 0.25) is 0 Å². The van der Waals surface area contributed by atoms with Crippen LogP contribution in [-0.2, 0) is 11.8 Å². The summed E-state index contributed by atoms with van der Waals surface area (Å²) in [7, 11) is 5.37. The Morgan fingerprint density at radius 1 is 1.08 bits per heavy atom. The van der Waals surface area contributed by atoms with Gasteiger partial charge in [-0.05, 0) is 48.0 Å². The topological polar surface area (TPSA) is 100 Å². The van der Waals surface area contributed by atoms with E-state index >= 15 is 0 Å². The highest BCUT2D eigenvalue weighted by molar-refractivity contribution is 5.99. The molecule has 0 aliphatic rings. The standard InChI is InChI=1S/C25H24F2N8O/c1-5-23(36)30-17-6-7-21(27)22(11-17)32-24-20(15-8-16(26)10-19(9-15)34(2)3)13-28-25(33-24)31-18-12-29-35(4)14-18/h5-14H,1H2,2-4H3,(H,30,36)(H2,28,31,32,33). The Labute approximate surface area is 206 Å². The van der Waals surface area contributed by atoms with E-state index in [0.717, 1.165) is 6.08 Å². The monoisotopic (exact) mass is 490 g/mol. The highest BCUT2D eigenvalue weighted by atomic mass is 19.1. The zero-order chi connectivity index (χ0) is 25.8. The summed E-state index contributed by atoms with van der Waals surface area (Å²) in [6.07, 6.45) is 5.97. The van der Waals surface area contributed by atoms with Gasteiger partial charge in [-0.3, -0.25) is 9.48 Å². The number of carbonyl (C=O) groups is 1. The van der Waals surface area contributed by atoms with Gasteiger partial charge in [-0.1, -0.05) is 6.58 Å². The van der Waals surface area contributed by atoms with E-state index in [-0.39, 0.29) is 17.5 Å². The number of hydrogen-bond donors (Lipinski definition) is 3. The largest absolute Gasteiger partial charge is 0.378 e. The quantitative estimate of drug-likeness (QED) is 0.304.